The largest absolute Gasteiger partial charge is 0.464 e. The van der Waals surface area contributed by atoms with Crippen LogP contribution >= 0.6 is 8.18 Å². The predicted octanol–water partition coefficient (Wildman–Crippen LogP) is 2.90. The zero-order valence-electron chi connectivity index (χ0n) is 25.3. The smallest absolute Gasteiger partial charge is 0.323 e. The molecule has 0 radical (unpaired) electrons. The third-order valence-electron chi connectivity index (χ3n) is 6.91. The summed E-state index contributed by atoms with van der Waals surface area (Å²) in [5, 5.41) is 17.1. The lowest BCUT2D eigenvalue weighted by atomic mass is 9.92. The molecule has 0 aliphatic carbocycles. The van der Waals surface area contributed by atoms with Gasteiger partial charge in [-0.15, -0.1) is 0 Å². The first-order valence-electron chi connectivity index (χ1n) is 14.0. The van der Waals surface area contributed by atoms with Gasteiger partial charge in [-0.2, -0.15) is 10.4 Å². The molecule has 0 amide bonds. The zero-order valence-corrected chi connectivity index (χ0v) is 26.3. The molecule has 2 aromatic rings. The Hall–Kier alpha value is -3.57. The van der Waals surface area contributed by atoms with Crippen LogP contribution in [0.25, 0.3) is 5.52 Å². The fourth-order valence-corrected chi connectivity index (χ4v) is 4.92. The van der Waals surface area contributed by atoms with Gasteiger partial charge in [-0.1, -0.05) is 40.5 Å². The maximum atomic E-state index is 12.9. The predicted molar refractivity (Wildman–Crippen MR) is 155 cm³/mol. The van der Waals surface area contributed by atoms with E-state index in [2.05, 4.69) is 15.2 Å². The molecule has 0 spiro atoms. The molecule has 16 heteroatoms. The van der Waals surface area contributed by atoms with Crippen molar-refractivity contribution in [2.75, 3.05) is 26.1 Å². The van der Waals surface area contributed by atoms with Crippen LogP contribution in [0.15, 0.2) is 18.5 Å². The molecule has 2 rings (SSSR count). The van der Waals surface area contributed by atoms with Crippen LogP contribution in [0.2, 0.25) is 0 Å². The van der Waals surface area contributed by atoms with Gasteiger partial charge in [-0.05, 0) is 25.0 Å². The van der Waals surface area contributed by atoms with Crippen molar-refractivity contribution in [1.82, 2.24) is 19.7 Å². The Balaban J connectivity index is 2.40. The van der Waals surface area contributed by atoms with E-state index < -0.39 is 56.5 Å². The fourth-order valence-electron chi connectivity index (χ4n) is 4.02. The van der Waals surface area contributed by atoms with Crippen LogP contribution in [0.3, 0.4) is 0 Å². The van der Waals surface area contributed by atoms with Crippen LogP contribution in [0, 0.1) is 17.2 Å². The number of carbonyl (C=O) groups is 3. The number of methoxy groups -OCH3 is 1. The first-order valence-corrected chi connectivity index (χ1v) is 15.4. The van der Waals surface area contributed by atoms with Crippen LogP contribution in [0.5, 0.6) is 0 Å². The summed E-state index contributed by atoms with van der Waals surface area (Å²) in [6, 6.07) is 4.05. The number of nitrogens with two attached hydrogens (primary N) is 1. The van der Waals surface area contributed by atoms with Gasteiger partial charge in [0.1, 0.15) is 30.6 Å². The molecule has 5 atom stereocenters. The molecule has 0 saturated heterocycles. The quantitative estimate of drug-likeness (QED) is 0.139. The molecule has 238 valence electrons. The standard InChI is InChI=1S/C27H41N6O9P/c1-7-18(8-2)13-39-26(36)17(5)32-43(37)40-15-27(14-28,38-6)24(42-22(35)10-4)23(41-21(34)9-3)19-11-12-20-25(29)30-16-31-33(19)20/h11-12,16-18,23-24,43H,7-10,13,15H2,1-6H3,(H,32,37)(H2,29,30,31)/t17-,23-,24-,27+/m0/s1. The summed E-state index contributed by atoms with van der Waals surface area (Å²) in [5.41, 5.74) is 4.38. The van der Waals surface area contributed by atoms with E-state index in [4.69, 9.17) is 29.2 Å². The molecule has 3 N–H and O–H groups in total. The van der Waals surface area contributed by atoms with E-state index in [1.165, 1.54) is 30.8 Å². The van der Waals surface area contributed by atoms with Gasteiger partial charge in [0.2, 0.25) is 5.60 Å². The Bertz CT molecular complexity index is 1310. The molecule has 43 heavy (non-hydrogen) atoms. The number of anilines is 1. The molecule has 0 fully saturated rings. The average molecular weight is 625 g/mol. The number of hydrogen-bond donors (Lipinski definition) is 2. The number of esters is 3. The summed E-state index contributed by atoms with van der Waals surface area (Å²) < 4.78 is 41.9. The van der Waals surface area contributed by atoms with E-state index in [1.54, 1.807) is 13.0 Å². The average Bonchev–Trinajstić information content (AvgIpc) is 3.45. The van der Waals surface area contributed by atoms with Gasteiger partial charge in [0.15, 0.2) is 18.0 Å². The third kappa shape index (κ3) is 9.21. The Morgan fingerprint density at radius 3 is 2.37 bits per heavy atom. The Kier molecular flexibility index (Phi) is 14.0. The maximum absolute atomic E-state index is 12.9. The van der Waals surface area contributed by atoms with Crippen molar-refractivity contribution in [2.24, 2.45) is 5.92 Å². The third-order valence-corrected chi connectivity index (χ3v) is 7.98. The summed E-state index contributed by atoms with van der Waals surface area (Å²) >= 11 is 0. The summed E-state index contributed by atoms with van der Waals surface area (Å²) in [5.74, 6) is -1.70. The van der Waals surface area contributed by atoms with E-state index in [0.717, 1.165) is 20.0 Å². The monoisotopic (exact) mass is 624 g/mol. The van der Waals surface area contributed by atoms with Crippen molar-refractivity contribution < 1.29 is 42.4 Å². The molecular weight excluding hydrogens is 583 g/mol. The zero-order chi connectivity index (χ0) is 32.2. The first kappa shape index (κ1) is 35.6. The number of fused-ring (bicyclic) bond motifs is 1. The van der Waals surface area contributed by atoms with Gasteiger partial charge < -0.3 is 29.2 Å². The first-order chi connectivity index (χ1) is 20.5. The summed E-state index contributed by atoms with van der Waals surface area (Å²) in [4.78, 5) is 41.6. The van der Waals surface area contributed by atoms with Gasteiger partial charge >= 0.3 is 17.9 Å². The molecule has 15 nitrogen and oxygen atoms in total. The second-order valence-electron chi connectivity index (χ2n) is 9.69. The molecule has 0 aromatic carbocycles. The van der Waals surface area contributed by atoms with E-state index in [1.807, 2.05) is 19.9 Å². The van der Waals surface area contributed by atoms with Crippen LogP contribution in [-0.2, 0) is 42.4 Å². The summed E-state index contributed by atoms with van der Waals surface area (Å²) in [6.45, 7) is 8.08. The molecule has 2 aromatic heterocycles. The van der Waals surface area contributed by atoms with Gasteiger partial charge in [-0.3, -0.25) is 18.9 Å². The van der Waals surface area contributed by atoms with Crippen molar-refractivity contribution in [3.8, 4) is 6.07 Å². The lowest BCUT2D eigenvalue weighted by Crippen LogP contribution is -2.53. The Morgan fingerprint density at radius 1 is 1.14 bits per heavy atom. The molecule has 0 aliphatic heterocycles. The molecular formula is C27H41N6O9P. The summed E-state index contributed by atoms with van der Waals surface area (Å²) in [7, 11) is -2.01. The highest BCUT2D eigenvalue weighted by atomic mass is 31.1. The maximum Gasteiger partial charge on any atom is 0.323 e. The van der Waals surface area contributed by atoms with Crippen LogP contribution in [-0.4, -0.2) is 70.6 Å². The number of nitrogen functional groups attached to an aromatic ring is 1. The van der Waals surface area contributed by atoms with Crippen LogP contribution in [0.1, 0.15) is 72.1 Å². The van der Waals surface area contributed by atoms with Crippen molar-refractivity contribution in [3.05, 3.63) is 24.2 Å². The molecule has 0 aliphatic rings. The highest BCUT2D eigenvalue weighted by Gasteiger charge is 2.51. The second-order valence-corrected chi connectivity index (χ2v) is 10.8. The SMILES string of the molecule is CCC(=O)O[C@@H](c1ccc2c(N)ncnn12)[C@H](OC(=O)CC)[C@@](C#N)(CO[PH](=O)N[C@@H](C)C(=O)OCC(CC)CC)OC. The molecule has 1 unspecified atom stereocenters. The minimum atomic E-state index is -3.17. The normalized spacial score (nSPS) is 15.6. The highest BCUT2D eigenvalue weighted by molar-refractivity contribution is 7.36. The van der Waals surface area contributed by atoms with E-state index in [-0.39, 0.29) is 36.9 Å². The van der Waals surface area contributed by atoms with E-state index in [0.29, 0.717) is 5.52 Å². The number of nitriles is 1. The van der Waals surface area contributed by atoms with Gasteiger partial charge in [0, 0.05) is 20.0 Å². The highest BCUT2D eigenvalue weighted by Crippen LogP contribution is 2.36. The lowest BCUT2D eigenvalue weighted by Gasteiger charge is -2.37. The Morgan fingerprint density at radius 2 is 1.79 bits per heavy atom. The van der Waals surface area contributed by atoms with E-state index in [9.17, 15) is 24.2 Å². The number of ether oxygens (including phenoxy) is 4. The number of aromatic nitrogens is 3. The molecule has 0 bridgehead atoms. The number of carbonyl (C=O) groups excluding carboxylic acids is 3. The summed E-state index contributed by atoms with van der Waals surface area (Å²) in [6.07, 6.45) is -0.336. The van der Waals surface area contributed by atoms with Crippen molar-refractivity contribution >= 4 is 37.4 Å². The molecule has 2 heterocycles. The van der Waals surface area contributed by atoms with Crippen LogP contribution < -0.4 is 10.8 Å². The molecule has 0 saturated carbocycles. The minimum Gasteiger partial charge on any atom is -0.464 e. The number of nitrogens with one attached hydrogen (secondary N) is 1. The fraction of sp³-hybridized carbons (Fsp3) is 0.630. The topological polar surface area (TPSA) is 206 Å². The van der Waals surface area contributed by atoms with Crippen molar-refractivity contribution in [1.29, 1.82) is 5.26 Å². The number of nitrogens with zero attached hydrogens (tertiary/aromatic N) is 4. The van der Waals surface area contributed by atoms with E-state index >= 15 is 0 Å². The van der Waals surface area contributed by atoms with Crippen molar-refractivity contribution in [3.63, 3.8) is 0 Å². The van der Waals surface area contributed by atoms with Gasteiger partial charge in [-0.25, -0.2) is 14.6 Å². The Labute approximate surface area is 251 Å². The van der Waals surface area contributed by atoms with Gasteiger partial charge in [0.05, 0.1) is 12.3 Å². The minimum absolute atomic E-state index is 0.0444. The van der Waals surface area contributed by atoms with Crippen LogP contribution in [0.4, 0.5) is 5.82 Å². The van der Waals surface area contributed by atoms with Gasteiger partial charge in [0.25, 0.3) is 8.18 Å². The van der Waals surface area contributed by atoms with Crippen molar-refractivity contribution in [2.45, 2.75) is 84.2 Å². The number of rotatable bonds is 18. The number of hydrogen-bond acceptors (Lipinski definition) is 13. The lowest BCUT2D eigenvalue weighted by molar-refractivity contribution is -0.193. The second kappa shape index (κ2) is 16.9.